The molecule has 1 aromatic carbocycles. The minimum Gasteiger partial charge on any atom is -0.505 e. The van der Waals surface area contributed by atoms with Gasteiger partial charge < -0.3 is 5.11 Å². The molecule has 72 valence electrons. The van der Waals surface area contributed by atoms with Crippen LogP contribution in [-0.4, -0.2) is 10.1 Å². The molecular weight excluding hydrogens is 242 g/mol. The fraction of sp³-hybridized carbons (Fsp3) is 0.182. The van der Waals surface area contributed by atoms with Gasteiger partial charge in [0.2, 0.25) is 0 Å². The van der Waals surface area contributed by atoms with E-state index in [-0.39, 0.29) is 5.75 Å². The quantitative estimate of drug-likeness (QED) is 0.780. The van der Waals surface area contributed by atoms with Crippen molar-refractivity contribution in [3.8, 4) is 5.75 Å². The van der Waals surface area contributed by atoms with Crippen molar-refractivity contribution < 1.29 is 5.11 Å². The zero-order valence-corrected chi connectivity index (χ0v) is 9.59. The van der Waals surface area contributed by atoms with E-state index in [9.17, 15) is 5.11 Å². The van der Waals surface area contributed by atoms with Gasteiger partial charge in [-0.2, -0.15) is 0 Å². The summed E-state index contributed by atoms with van der Waals surface area (Å²) in [6, 6.07) is 5.98. The van der Waals surface area contributed by atoms with Gasteiger partial charge in [-0.25, -0.2) is 4.98 Å². The molecule has 0 atom stereocenters. The van der Waals surface area contributed by atoms with Crippen LogP contribution in [0.25, 0.3) is 10.9 Å². The minimum absolute atomic E-state index is 0.225. The van der Waals surface area contributed by atoms with Crippen molar-refractivity contribution in [1.82, 2.24) is 4.98 Å². The van der Waals surface area contributed by atoms with Crippen LogP contribution in [0.2, 0.25) is 0 Å². The molecule has 2 aromatic rings. The van der Waals surface area contributed by atoms with Gasteiger partial charge in [-0.3, -0.25) is 0 Å². The molecule has 1 aromatic heterocycles. The van der Waals surface area contributed by atoms with E-state index in [1.807, 2.05) is 25.1 Å². The van der Waals surface area contributed by atoms with Crippen molar-refractivity contribution in [3.63, 3.8) is 0 Å². The molecule has 0 saturated carbocycles. The lowest BCUT2D eigenvalue weighted by molar-refractivity contribution is 0.465. The van der Waals surface area contributed by atoms with Gasteiger partial charge in [0.05, 0.1) is 15.7 Å². The molecule has 0 saturated heterocycles. The molecule has 0 unspecified atom stereocenters. The Morgan fingerprint density at radius 1 is 1.29 bits per heavy atom. The third-order valence-electron chi connectivity index (χ3n) is 2.23. The number of halogens is 1. The summed E-state index contributed by atoms with van der Waals surface area (Å²) in [6.45, 7) is 3.81. The number of benzene rings is 1. The number of nitrogens with zero attached hydrogens (tertiary/aromatic N) is 1. The summed E-state index contributed by atoms with van der Waals surface area (Å²) in [5, 5.41) is 10.6. The second-order valence-electron chi connectivity index (χ2n) is 3.38. The van der Waals surface area contributed by atoms with Crippen molar-refractivity contribution in [2.45, 2.75) is 13.8 Å². The molecule has 1 N–H and O–H groups in total. The van der Waals surface area contributed by atoms with Gasteiger partial charge in [0.25, 0.3) is 0 Å². The SMILES string of the molecule is Cc1ccc2nc(C)c(O)c(Br)c2c1. The topological polar surface area (TPSA) is 33.1 Å². The van der Waals surface area contributed by atoms with Crippen molar-refractivity contribution >= 4 is 26.8 Å². The first-order chi connectivity index (χ1) is 6.59. The van der Waals surface area contributed by atoms with Crippen LogP contribution >= 0.6 is 15.9 Å². The van der Waals surface area contributed by atoms with Crippen molar-refractivity contribution in [1.29, 1.82) is 0 Å². The van der Waals surface area contributed by atoms with Crippen LogP contribution in [0.3, 0.4) is 0 Å². The minimum atomic E-state index is 0.225. The van der Waals surface area contributed by atoms with Crippen LogP contribution < -0.4 is 0 Å². The fourth-order valence-electron chi connectivity index (χ4n) is 1.44. The molecule has 0 aliphatic rings. The first kappa shape index (κ1) is 9.46. The second kappa shape index (κ2) is 3.24. The summed E-state index contributed by atoms with van der Waals surface area (Å²) in [7, 11) is 0. The van der Waals surface area contributed by atoms with Gasteiger partial charge in [-0.1, -0.05) is 11.6 Å². The van der Waals surface area contributed by atoms with E-state index in [1.165, 1.54) is 0 Å². The van der Waals surface area contributed by atoms with E-state index in [0.29, 0.717) is 5.69 Å². The fourth-order valence-corrected chi connectivity index (χ4v) is 2.05. The van der Waals surface area contributed by atoms with Crippen molar-refractivity contribution in [2.75, 3.05) is 0 Å². The lowest BCUT2D eigenvalue weighted by Crippen LogP contribution is -1.87. The van der Waals surface area contributed by atoms with E-state index in [2.05, 4.69) is 20.9 Å². The van der Waals surface area contributed by atoms with Gasteiger partial charge in [-0.15, -0.1) is 0 Å². The lowest BCUT2D eigenvalue weighted by Gasteiger charge is -2.06. The van der Waals surface area contributed by atoms with Crippen LogP contribution in [0.15, 0.2) is 22.7 Å². The van der Waals surface area contributed by atoms with Gasteiger partial charge in [0.1, 0.15) is 0 Å². The van der Waals surface area contributed by atoms with Gasteiger partial charge >= 0.3 is 0 Å². The van der Waals surface area contributed by atoms with Crippen LogP contribution in [0, 0.1) is 13.8 Å². The molecule has 3 heteroatoms. The summed E-state index contributed by atoms with van der Waals surface area (Å²) in [5.41, 5.74) is 2.70. The van der Waals surface area contributed by atoms with Gasteiger partial charge in [-0.05, 0) is 41.9 Å². The summed E-state index contributed by atoms with van der Waals surface area (Å²) < 4.78 is 0.726. The highest BCUT2D eigenvalue weighted by atomic mass is 79.9. The van der Waals surface area contributed by atoms with Crippen LogP contribution in [0.5, 0.6) is 5.75 Å². The van der Waals surface area contributed by atoms with Crippen LogP contribution in [0.1, 0.15) is 11.3 Å². The lowest BCUT2D eigenvalue weighted by atomic mass is 10.1. The summed E-state index contributed by atoms with van der Waals surface area (Å²) >= 11 is 3.38. The van der Waals surface area contributed by atoms with E-state index in [1.54, 1.807) is 6.92 Å². The maximum absolute atomic E-state index is 9.69. The molecule has 0 bridgehead atoms. The van der Waals surface area contributed by atoms with Crippen LogP contribution in [-0.2, 0) is 0 Å². The first-order valence-electron chi connectivity index (χ1n) is 4.35. The Morgan fingerprint density at radius 3 is 2.71 bits per heavy atom. The molecule has 0 aliphatic carbocycles. The van der Waals surface area contributed by atoms with Crippen molar-refractivity contribution in [2.24, 2.45) is 0 Å². The predicted octanol–water partition coefficient (Wildman–Crippen LogP) is 3.32. The highest BCUT2D eigenvalue weighted by molar-refractivity contribution is 9.10. The summed E-state index contributed by atoms with van der Waals surface area (Å²) in [5.74, 6) is 0.225. The largest absolute Gasteiger partial charge is 0.505 e. The third-order valence-corrected chi connectivity index (χ3v) is 3.03. The second-order valence-corrected chi connectivity index (χ2v) is 4.17. The Labute approximate surface area is 90.7 Å². The molecule has 2 rings (SSSR count). The first-order valence-corrected chi connectivity index (χ1v) is 5.14. The number of aryl methyl sites for hydroxylation is 2. The number of aromatic hydroxyl groups is 1. The number of hydrogen-bond donors (Lipinski definition) is 1. The average molecular weight is 252 g/mol. The maximum atomic E-state index is 9.69. The molecule has 14 heavy (non-hydrogen) atoms. The Morgan fingerprint density at radius 2 is 2.00 bits per heavy atom. The highest BCUT2D eigenvalue weighted by Crippen LogP contribution is 2.33. The zero-order valence-electron chi connectivity index (χ0n) is 8.00. The summed E-state index contributed by atoms with van der Waals surface area (Å²) in [4.78, 5) is 4.30. The number of hydrogen-bond acceptors (Lipinski definition) is 2. The highest BCUT2D eigenvalue weighted by Gasteiger charge is 2.08. The maximum Gasteiger partial charge on any atom is 0.151 e. The zero-order chi connectivity index (χ0) is 10.3. The predicted molar refractivity (Wildman–Crippen MR) is 60.6 cm³/mol. The molecule has 0 radical (unpaired) electrons. The average Bonchev–Trinajstić information content (AvgIpc) is 2.16. The number of rotatable bonds is 0. The Hall–Kier alpha value is -1.09. The monoisotopic (exact) mass is 251 g/mol. The van der Waals surface area contributed by atoms with E-state index < -0.39 is 0 Å². The Kier molecular flexibility index (Phi) is 2.19. The van der Waals surface area contributed by atoms with Crippen LogP contribution in [0.4, 0.5) is 0 Å². The third kappa shape index (κ3) is 1.38. The molecule has 2 nitrogen and oxygen atoms in total. The standard InChI is InChI=1S/C11H10BrNO/c1-6-3-4-9-8(5-6)10(12)11(14)7(2)13-9/h3-5,14H,1-2H3. The van der Waals surface area contributed by atoms with Crippen molar-refractivity contribution in [3.05, 3.63) is 33.9 Å². The smallest absolute Gasteiger partial charge is 0.151 e. The Bertz CT molecular complexity index is 508. The number of fused-ring (bicyclic) bond motifs is 1. The molecular formula is C11H10BrNO. The molecule has 0 fully saturated rings. The number of aromatic nitrogens is 1. The van der Waals surface area contributed by atoms with E-state index in [0.717, 1.165) is 20.9 Å². The van der Waals surface area contributed by atoms with E-state index >= 15 is 0 Å². The molecule has 0 aliphatic heterocycles. The molecule has 1 heterocycles. The number of pyridine rings is 1. The normalized spacial score (nSPS) is 10.8. The van der Waals surface area contributed by atoms with E-state index in [4.69, 9.17) is 0 Å². The Balaban J connectivity index is 2.92. The van der Waals surface area contributed by atoms with Gasteiger partial charge in [0.15, 0.2) is 5.75 Å². The van der Waals surface area contributed by atoms with Gasteiger partial charge in [0, 0.05) is 5.39 Å². The molecule has 0 spiro atoms. The molecule has 0 amide bonds. The summed E-state index contributed by atoms with van der Waals surface area (Å²) in [6.07, 6.45) is 0.